The Morgan fingerprint density at radius 1 is 1.10 bits per heavy atom. The van der Waals surface area contributed by atoms with Crippen LogP contribution in [0.25, 0.3) is 10.2 Å². The lowest BCUT2D eigenvalue weighted by molar-refractivity contribution is 0.0975. The Morgan fingerprint density at radius 2 is 1.83 bits per heavy atom. The third-order valence-electron chi connectivity index (χ3n) is 4.61. The van der Waals surface area contributed by atoms with Gasteiger partial charge >= 0.3 is 0 Å². The van der Waals surface area contributed by atoms with Gasteiger partial charge in [-0.15, -0.1) is 0 Å². The van der Waals surface area contributed by atoms with E-state index in [4.69, 9.17) is 4.42 Å². The van der Waals surface area contributed by atoms with Crippen molar-refractivity contribution in [1.82, 2.24) is 4.98 Å². The molecule has 0 N–H and O–H groups in total. The Morgan fingerprint density at radius 3 is 2.48 bits per heavy atom. The molecule has 0 aliphatic rings. The van der Waals surface area contributed by atoms with Crippen LogP contribution in [0, 0.1) is 11.6 Å². The van der Waals surface area contributed by atoms with Gasteiger partial charge in [0.05, 0.1) is 23.0 Å². The predicted octanol–water partition coefficient (Wildman–Crippen LogP) is 6.14. The SMILES string of the molecule is CC(C)c1cccc2sc(N(Cc3ccco3)C(=O)c3c(F)cccc3F)nc12. The molecule has 0 saturated heterocycles. The number of rotatable bonds is 5. The van der Waals surface area contributed by atoms with Gasteiger partial charge in [0.15, 0.2) is 5.13 Å². The summed E-state index contributed by atoms with van der Waals surface area (Å²) in [5, 5.41) is 0.358. The molecule has 0 radical (unpaired) electrons. The molecule has 4 aromatic rings. The second-order valence-corrected chi connectivity index (χ2v) is 7.92. The molecule has 0 aliphatic heterocycles. The van der Waals surface area contributed by atoms with E-state index in [2.05, 4.69) is 18.8 Å². The molecule has 0 aliphatic carbocycles. The summed E-state index contributed by atoms with van der Waals surface area (Å²) in [4.78, 5) is 19.1. The summed E-state index contributed by atoms with van der Waals surface area (Å²) in [6.07, 6.45) is 1.48. The van der Waals surface area contributed by atoms with Crippen LogP contribution in [0.4, 0.5) is 13.9 Å². The lowest BCUT2D eigenvalue weighted by atomic mass is 10.0. The Bertz CT molecular complexity index is 1150. The van der Waals surface area contributed by atoms with Crippen molar-refractivity contribution in [2.45, 2.75) is 26.3 Å². The highest BCUT2D eigenvalue weighted by Crippen LogP contribution is 2.35. The smallest absolute Gasteiger partial charge is 0.266 e. The van der Waals surface area contributed by atoms with E-state index < -0.39 is 23.1 Å². The number of nitrogens with zero attached hydrogens (tertiary/aromatic N) is 2. The number of thiazole rings is 1. The Hall–Kier alpha value is -3.06. The van der Waals surface area contributed by atoms with Gasteiger partial charge in [0.2, 0.25) is 0 Å². The van der Waals surface area contributed by atoms with Crippen molar-refractivity contribution in [3.63, 3.8) is 0 Å². The number of anilines is 1. The molecule has 0 saturated carbocycles. The van der Waals surface area contributed by atoms with E-state index in [9.17, 15) is 13.6 Å². The normalized spacial score (nSPS) is 11.3. The highest BCUT2D eigenvalue weighted by atomic mass is 32.1. The van der Waals surface area contributed by atoms with E-state index in [0.717, 1.165) is 27.9 Å². The van der Waals surface area contributed by atoms with Crippen LogP contribution >= 0.6 is 11.3 Å². The molecule has 2 heterocycles. The summed E-state index contributed by atoms with van der Waals surface area (Å²) in [6.45, 7) is 4.14. The van der Waals surface area contributed by atoms with Gasteiger partial charge in [-0.25, -0.2) is 13.8 Å². The summed E-state index contributed by atoms with van der Waals surface area (Å²) < 4.78 is 34.9. The molecular formula is C22H18F2N2O2S. The topological polar surface area (TPSA) is 46.3 Å². The highest BCUT2D eigenvalue weighted by Gasteiger charge is 2.28. The minimum atomic E-state index is -0.913. The second kappa shape index (κ2) is 7.75. The van der Waals surface area contributed by atoms with Crippen LogP contribution in [-0.2, 0) is 6.54 Å². The Kier molecular flexibility index (Phi) is 5.15. The summed E-state index contributed by atoms with van der Waals surface area (Å²) >= 11 is 1.30. The molecule has 0 spiro atoms. The Labute approximate surface area is 170 Å². The molecule has 2 aromatic carbocycles. The molecule has 0 unspecified atom stereocenters. The van der Waals surface area contributed by atoms with Crippen LogP contribution in [0.15, 0.2) is 59.2 Å². The van der Waals surface area contributed by atoms with Gasteiger partial charge in [-0.3, -0.25) is 9.69 Å². The van der Waals surface area contributed by atoms with E-state index in [1.165, 1.54) is 28.6 Å². The van der Waals surface area contributed by atoms with Crippen molar-refractivity contribution in [2.75, 3.05) is 4.90 Å². The van der Waals surface area contributed by atoms with Gasteiger partial charge in [0.25, 0.3) is 5.91 Å². The van der Waals surface area contributed by atoms with Gasteiger partial charge in [0, 0.05) is 0 Å². The number of furan rings is 1. The molecule has 0 atom stereocenters. The van der Waals surface area contributed by atoms with E-state index >= 15 is 0 Å². The first kappa shape index (κ1) is 19.3. The third-order valence-corrected chi connectivity index (χ3v) is 5.65. The van der Waals surface area contributed by atoms with Gasteiger partial charge in [0.1, 0.15) is 23.0 Å². The number of aromatic nitrogens is 1. The maximum absolute atomic E-state index is 14.3. The number of fused-ring (bicyclic) bond motifs is 1. The maximum Gasteiger partial charge on any atom is 0.266 e. The maximum atomic E-state index is 14.3. The second-order valence-electron chi connectivity index (χ2n) is 6.91. The van der Waals surface area contributed by atoms with Crippen LogP contribution in [0.2, 0.25) is 0 Å². The van der Waals surface area contributed by atoms with E-state index in [0.29, 0.717) is 10.9 Å². The zero-order valence-electron chi connectivity index (χ0n) is 15.9. The number of hydrogen-bond donors (Lipinski definition) is 0. The summed E-state index contributed by atoms with van der Waals surface area (Å²) in [6, 6.07) is 12.6. The standard InChI is InChI=1S/C22H18F2N2O2S/c1-13(2)15-7-3-10-18-20(15)25-22(29-18)26(12-14-6-5-11-28-14)21(27)19-16(23)8-4-9-17(19)24/h3-11,13H,12H2,1-2H3. The molecule has 4 nitrogen and oxygen atoms in total. The first-order chi connectivity index (χ1) is 14.0. The molecule has 0 fully saturated rings. The number of amides is 1. The van der Waals surface area contributed by atoms with Crippen LogP contribution in [0.3, 0.4) is 0 Å². The molecule has 29 heavy (non-hydrogen) atoms. The predicted molar refractivity (Wildman–Crippen MR) is 109 cm³/mol. The number of carbonyl (C=O) groups is 1. The number of hydrogen-bond acceptors (Lipinski definition) is 4. The van der Waals surface area contributed by atoms with E-state index in [1.807, 2.05) is 18.2 Å². The fourth-order valence-electron chi connectivity index (χ4n) is 3.16. The fourth-order valence-corrected chi connectivity index (χ4v) is 4.16. The molecule has 1 amide bonds. The Balaban J connectivity index is 1.84. The molecule has 7 heteroatoms. The highest BCUT2D eigenvalue weighted by molar-refractivity contribution is 7.22. The van der Waals surface area contributed by atoms with Gasteiger partial charge < -0.3 is 4.42 Å². The molecule has 148 valence electrons. The zero-order valence-corrected chi connectivity index (χ0v) is 16.7. The van der Waals surface area contributed by atoms with Gasteiger partial charge in [-0.2, -0.15) is 0 Å². The average molecular weight is 412 g/mol. The quantitative estimate of drug-likeness (QED) is 0.396. The lowest BCUT2D eigenvalue weighted by Crippen LogP contribution is -2.31. The van der Waals surface area contributed by atoms with Crippen molar-refractivity contribution in [1.29, 1.82) is 0 Å². The van der Waals surface area contributed by atoms with Crippen LogP contribution in [0.5, 0.6) is 0 Å². The number of halogens is 2. The first-order valence-corrected chi connectivity index (χ1v) is 9.95. The van der Waals surface area contributed by atoms with Crippen LogP contribution in [-0.4, -0.2) is 10.9 Å². The lowest BCUT2D eigenvalue weighted by Gasteiger charge is -2.19. The van der Waals surface area contributed by atoms with Gasteiger partial charge in [-0.05, 0) is 41.8 Å². The minimum Gasteiger partial charge on any atom is -0.467 e. The van der Waals surface area contributed by atoms with Crippen LogP contribution < -0.4 is 4.90 Å². The summed E-state index contributed by atoms with van der Waals surface area (Å²) in [7, 11) is 0. The third kappa shape index (κ3) is 3.65. The number of benzene rings is 2. The fraction of sp³-hybridized carbons (Fsp3) is 0.182. The van der Waals surface area contributed by atoms with Crippen molar-refractivity contribution in [3.8, 4) is 0 Å². The van der Waals surface area contributed by atoms with Crippen molar-refractivity contribution in [3.05, 3.63) is 83.3 Å². The van der Waals surface area contributed by atoms with E-state index in [-0.39, 0.29) is 12.5 Å². The largest absolute Gasteiger partial charge is 0.467 e. The molecule has 4 rings (SSSR count). The summed E-state index contributed by atoms with van der Waals surface area (Å²) in [5.41, 5.74) is 1.23. The van der Waals surface area contributed by atoms with Crippen molar-refractivity contribution in [2.24, 2.45) is 0 Å². The molecule has 0 bridgehead atoms. The van der Waals surface area contributed by atoms with Crippen molar-refractivity contribution >= 4 is 32.6 Å². The average Bonchev–Trinajstić information content (AvgIpc) is 3.34. The number of para-hydroxylation sites is 1. The minimum absolute atomic E-state index is 0.0104. The monoisotopic (exact) mass is 412 g/mol. The number of carbonyl (C=O) groups excluding carboxylic acids is 1. The molecular weight excluding hydrogens is 394 g/mol. The van der Waals surface area contributed by atoms with E-state index in [1.54, 1.807) is 12.1 Å². The van der Waals surface area contributed by atoms with Crippen molar-refractivity contribution < 1.29 is 18.0 Å². The van der Waals surface area contributed by atoms with Crippen LogP contribution in [0.1, 0.15) is 41.4 Å². The zero-order chi connectivity index (χ0) is 20.5. The summed E-state index contributed by atoms with van der Waals surface area (Å²) in [5.74, 6) is -1.90. The molecule has 2 aromatic heterocycles. The first-order valence-electron chi connectivity index (χ1n) is 9.13. The van der Waals surface area contributed by atoms with Gasteiger partial charge in [-0.1, -0.05) is 43.4 Å².